The summed E-state index contributed by atoms with van der Waals surface area (Å²) in [6, 6.07) is 8.33. The Bertz CT molecular complexity index is 794. The smallest absolute Gasteiger partial charge is 0.412 e. The van der Waals surface area contributed by atoms with Gasteiger partial charge in [0.25, 0.3) is 5.91 Å². The van der Waals surface area contributed by atoms with E-state index in [9.17, 15) is 9.59 Å². The molecule has 2 rings (SSSR count). The SMILES string of the molecule is Cc1cc(C)nc(NNC(=O)c2cccc(NC(=O)OC(C)(C)C)c2)n1. The minimum atomic E-state index is -0.602. The van der Waals surface area contributed by atoms with E-state index >= 15 is 0 Å². The van der Waals surface area contributed by atoms with Crippen LogP contribution in [0.3, 0.4) is 0 Å². The lowest BCUT2D eigenvalue weighted by Crippen LogP contribution is -2.30. The second-order valence-corrected chi connectivity index (χ2v) is 6.76. The van der Waals surface area contributed by atoms with Crippen LogP contribution in [0.1, 0.15) is 42.5 Å². The van der Waals surface area contributed by atoms with Crippen LogP contribution in [0.2, 0.25) is 0 Å². The summed E-state index contributed by atoms with van der Waals surface area (Å²) in [5.74, 6) is -0.0838. The van der Waals surface area contributed by atoms with E-state index in [1.165, 1.54) is 0 Å². The van der Waals surface area contributed by atoms with Crippen LogP contribution in [-0.4, -0.2) is 27.6 Å². The number of hydrogen-bond acceptors (Lipinski definition) is 6. The van der Waals surface area contributed by atoms with E-state index in [0.717, 1.165) is 11.4 Å². The Morgan fingerprint density at radius 1 is 1.04 bits per heavy atom. The third-order valence-electron chi connectivity index (χ3n) is 3.04. The molecule has 2 amide bonds. The first-order valence-corrected chi connectivity index (χ1v) is 8.11. The number of carbonyl (C=O) groups excluding carboxylic acids is 2. The normalized spacial score (nSPS) is 10.8. The van der Waals surface area contributed by atoms with E-state index in [-0.39, 0.29) is 5.91 Å². The number of rotatable bonds is 4. The van der Waals surface area contributed by atoms with Crippen LogP contribution < -0.4 is 16.2 Å². The summed E-state index contributed by atoms with van der Waals surface area (Å²) >= 11 is 0. The lowest BCUT2D eigenvalue weighted by molar-refractivity contribution is 0.0635. The van der Waals surface area contributed by atoms with E-state index in [0.29, 0.717) is 17.2 Å². The van der Waals surface area contributed by atoms with E-state index in [1.807, 2.05) is 19.9 Å². The summed E-state index contributed by atoms with van der Waals surface area (Å²) in [7, 11) is 0. The molecule has 0 atom stereocenters. The summed E-state index contributed by atoms with van der Waals surface area (Å²) in [6.07, 6.45) is -0.586. The Hall–Kier alpha value is -3.16. The van der Waals surface area contributed by atoms with Gasteiger partial charge in [0, 0.05) is 22.6 Å². The molecular formula is C18H23N5O3. The molecular weight excluding hydrogens is 334 g/mol. The number of aromatic nitrogens is 2. The topological polar surface area (TPSA) is 105 Å². The fraction of sp³-hybridized carbons (Fsp3) is 0.333. The number of aryl methyl sites for hydroxylation is 2. The summed E-state index contributed by atoms with van der Waals surface area (Å²) in [6.45, 7) is 9.01. The molecule has 0 aliphatic heterocycles. The first-order valence-electron chi connectivity index (χ1n) is 8.11. The highest BCUT2D eigenvalue weighted by molar-refractivity contribution is 5.96. The fourth-order valence-corrected chi connectivity index (χ4v) is 2.13. The molecule has 0 unspecified atom stereocenters. The van der Waals surface area contributed by atoms with Gasteiger partial charge in [-0.05, 0) is 58.9 Å². The second kappa shape index (κ2) is 7.81. The van der Waals surface area contributed by atoms with Gasteiger partial charge < -0.3 is 4.74 Å². The maximum atomic E-state index is 12.3. The van der Waals surface area contributed by atoms with Crippen LogP contribution in [0.4, 0.5) is 16.4 Å². The van der Waals surface area contributed by atoms with Crippen molar-refractivity contribution in [1.82, 2.24) is 15.4 Å². The zero-order valence-electron chi connectivity index (χ0n) is 15.5. The van der Waals surface area contributed by atoms with Gasteiger partial charge >= 0.3 is 6.09 Å². The van der Waals surface area contributed by atoms with Crippen LogP contribution in [0.15, 0.2) is 30.3 Å². The number of ether oxygens (including phenoxy) is 1. The molecule has 0 radical (unpaired) electrons. The van der Waals surface area contributed by atoms with Gasteiger partial charge in [0.05, 0.1) is 0 Å². The Kier molecular flexibility index (Phi) is 5.76. The third-order valence-corrected chi connectivity index (χ3v) is 3.04. The summed E-state index contributed by atoms with van der Waals surface area (Å²) in [5, 5.41) is 2.60. The van der Waals surface area contributed by atoms with Gasteiger partial charge in [-0.25, -0.2) is 14.8 Å². The third kappa shape index (κ3) is 6.04. The molecule has 26 heavy (non-hydrogen) atoms. The van der Waals surface area contributed by atoms with Gasteiger partial charge in [0.1, 0.15) is 5.60 Å². The van der Waals surface area contributed by atoms with Gasteiger partial charge in [-0.2, -0.15) is 0 Å². The Labute approximate surface area is 152 Å². The highest BCUT2D eigenvalue weighted by Crippen LogP contribution is 2.14. The van der Waals surface area contributed by atoms with E-state index < -0.39 is 11.7 Å². The van der Waals surface area contributed by atoms with Crippen molar-refractivity contribution in [2.45, 2.75) is 40.2 Å². The average molecular weight is 357 g/mol. The predicted molar refractivity (Wildman–Crippen MR) is 98.9 cm³/mol. The minimum Gasteiger partial charge on any atom is -0.444 e. The number of amides is 2. The Morgan fingerprint density at radius 3 is 2.31 bits per heavy atom. The number of hydrazine groups is 1. The number of nitrogens with one attached hydrogen (secondary N) is 3. The molecule has 1 heterocycles. The number of nitrogens with zero attached hydrogens (tertiary/aromatic N) is 2. The Morgan fingerprint density at radius 2 is 1.69 bits per heavy atom. The van der Waals surface area contributed by atoms with Gasteiger partial charge in [-0.3, -0.25) is 21.0 Å². The second-order valence-electron chi connectivity index (χ2n) is 6.76. The average Bonchev–Trinajstić information content (AvgIpc) is 2.50. The van der Waals surface area contributed by atoms with Crippen molar-refractivity contribution in [3.63, 3.8) is 0 Å². The van der Waals surface area contributed by atoms with Crippen LogP contribution in [0.25, 0.3) is 0 Å². The molecule has 0 aliphatic carbocycles. The quantitative estimate of drug-likeness (QED) is 0.726. The molecule has 0 saturated carbocycles. The van der Waals surface area contributed by atoms with Gasteiger partial charge in [0.2, 0.25) is 5.95 Å². The minimum absolute atomic E-state index is 0.305. The predicted octanol–water partition coefficient (Wildman–Crippen LogP) is 3.20. The van der Waals surface area contributed by atoms with Gasteiger partial charge in [-0.1, -0.05) is 6.07 Å². The fourth-order valence-electron chi connectivity index (χ4n) is 2.13. The maximum Gasteiger partial charge on any atom is 0.412 e. The first kappa shape index (κ1) is 19.2. The molecule has 0 fully saturated rings. The highest BCUT2D eigenvalue weighted by Gasteiger charge is 2.16. The van der Waals surface area contributed by atoms with Crippen molar-refractivity contribution in [2.24, 2.45) is 0 Å². The molecule has 0 saturated heterocycles. The van der Waals surface area contributed by atoms with Crippen molar-refractivity contribution in [1.29, 1.82) is 0 Å². The van der Waals surface area contributed by atoms with Crippen molar-refractivity contribution < 1.29 is 14.3 Å². The summed E-state index contributed by atoms with van der Waals surface area (Å²) in [4.78, 5) is 32.5. The van der Waals surface area contributed by atoms with Crippen LogP contribution in [0.5, 0.6) is 0 Å². The molecule has 0 aliphatic rings. The monoisotopic (exact) mass is 357 g/mol. The Balaban J connectivity index is 2.00. The van der Waals surface area contributed by atoms with E-state index in [1.54, 1.807) is 45.0 Å². The molecule has 0 spiro atoms. The lowest BCUT2D eigenvalue weighted by atomic mass is 10.2. The van der Waals surface area contributed by atoms with Crippen molar-refractivity contribution in [3.8, 4) is 0 Å². The van der Waals surface area contributed by atoms with Crippen molar-refractivity contribution >= 4 is 23.6 Å². The van der Waals surface area contributed by atoms with Crippen molar-refractivity contribution in [3.05, 3.63) is 47.3 Å². The zero-order valence-corrected chi connectivity index (χ0v) is 15.5. The van der Waals surface area contributed by atoms with E-state index in [2.05, 4.69) is 26.1 Å². The molecule has 1 aromatic carbocycles. The van der Waals surface area contributed by atoms with Gasteiger partial charge in [0.15, 0.2) is 0 Å². The lowest BCUT2D eigenvalue weighted by Gasteiger charge is -2.19. The molecule has 1 aromatic heterocycles. The van der Waals surface area contributed by atoms with Crippen LogP contribution in [0, 0.1) is 13.8 Å². The molecule has 138 valence electrons. The van der Waals surface area contributed by atoms with Gasteiger partial charge in [-0.15, -0.1) is 0 Å². The van der Waals surface area contributed by atoms with E-state index in [4.69, 9.17) is 4.74 Å². The number of carbonyl (C=O) groups is 2. The maximum absolute atomic E-state index is 12.3. The van der Waals surface area contributed by atoms with Crippen molar-refractivity contribution in [2.75, 3.05) is 10.7 Å². The molecule has 3 N–H and O–H groups in total. The number of hydrogen-bond donors (Lipinski definition) is 3. The first-order chi connectivity index (χ1) is 12.1. The largest absolute Gasteiger partial charge is 0.444 e. The van der Waals surface area contributed by atoms with Crippen LogP contribution >= 0.6 is 0 Å². The van der Waals surface area contributed by atoms with Crippen LogP contribution in [-0.2, 0) is 4.74 Å². The highest BCUT2D eigenvalue weighted by atomic mass is 16.6. The number of benzene rings is 1. The summed E-state index contributed by atoms with van der Waals surface area (Å²) in [5.41, 5.74) is 7.00. The number of anilines is 2. The molecule has 8 nitrogen and oxygen atoms in total. The zero-order chi connectivity index (χ0) is 19.3. The summed E-state index contributed by atoms with van der Waals surface area (Å²) < 4.78 is 5.19. The molecule has 0 bridgehead atoms. The standard InChI is InChI=1S/C18H23N5O3/c1-11-9-12(2)20-16(19-11)23-22-15(24)13-7-6-8-14(10-13)21-17(25)26-18(3,4)5/h6-10H,1-5H3,(H,21,25)(H,22,24)(H,19,20,23). The molecule has 8 heteroatoms. The molecule has 2 aromatic rings.